The van der Waals surface area contributed by atoms with Crippen LogP contribution in [0.5, 0.6) is 0 Å². The van der Waals surface area contributed by atoms with Crippen LogP contribution in [0.25, 0.3) is 5.82 Å². The molecule has 1 fully saturated rings. The maximum atomic E-state index is 12.6. The van der Waals surface area contributed by atoms with Crippen molar-refractivity contribution in [3.8, 4) is 5.82 Å². The standard InChI is InChI=1S/C19H22N8O/c28-19-8-14-4-1-2-6-16(14)24-26(19)11-15-5-3-7-25(15)17-9-20-10-18(23-17)27-13-21-12-22-27/h8-10,12-13,15H,1-7,11H2. The van der Waals surface area contributed by atoms with Crippen LogP contribution in [-0.4, -0.2) is 47.1 Å². The normalized spacial score (nSPS) is 19.0. The lowest BCUT2D eigenvalue weighted by Gasteiger charge is -2.26. The Morgan fingerprint density at radius 3 is 2.86 bits per heavy atom. The summed E-state index contributed by atoms with van der Waals surface area (Å²) in [6.07, 6.45) is 12.8. The molecule has 1 unspecified atom stereocenters. The molecular formula is C19H22N8O. The minimum Gasteiger partial charge on any atom is -0.350 e. The van der Waals surface area contributed by atoms with Gasteiger partial charge in [0.15, 0.2) is 5.82 Å². The van der Waals surface area contributed by atoms with Crippen molar-refractivity contribution in [1.29, 1.82) is 0 Å². The highest BCUT2D eigenvalue weighted by Crippen LogP contribution is 2.25. The number of hydrogen-bond acceptors (Lipinski definition) is 7. The average molecular weight is 378 g/mol. The first-order valence-electron chi connectivity index (χ1n) is 9.81. The Morgan fingerprint density at radius 2 is 1.96 bits per heavy atom. The molecule has 3 aromatic heterocycles. The molecule has 9 heteroatoms. The van der Waals surface area contributed by atoms with Crippen molar-refractivity contribution >= 4 is 5.82 Å². The molecule has 5 rings (SSSR count). The molecule has 0 saturated carbocycles. The van der Waals surface area contributed by atoms with E-state index in [1.165, 1.54) is 6.33 Å². The van der Waals surface area contributed by atoms with E-state index < -0.39 is 0 Å². The smallest absolute Gasteiger partial charge is 0.267 e. The summed E-state index contributed by atoms with van der Waals surface area (Å²) in [5.41, 5.74) is 2.21. The Morgan fingerprint density at radius 1 is 1.07 bits per heavy atom. The summed E-state index contributed by atoms with van der Waals surface area (Å²) < 4.78 is 3.24. The quantitative estimate of drug-likeness (QED) is 0.672. The van der Waals surface area contributed by atoms with Gasteiger partial charge in [0.25, 0.3) is 5.56 Å². The maximum Gasteiger partial charge on any atom is 0.267 e. The van der Waals surface area contributed by atoms with E-state index in [1.54, 1.807) is 34.2 Å². The van der Waals surface area contributed by atoms with Crippen LogP contribution >= 0.6 is 0 Å². The minimum atomic E-state index is -0.00468. The Kier molecular flexibility index (Phi) is 4.34. The molecule has 9 nitrogen and oxygen atoms in total. The first-order valence-corrected chi connectivity index (χ1v) is 9.81. The van der Waals surface area contributed by atoms with E-state index in [-0.39, 0.29) is 11.6 Å². The van der Waals surface area contributed by atoms with Crippen LogP contribution in [0.3, 0.4) is 0 Å². The number of fused-ring (bicyclic) bond motifs is 1. The third-order valence-corrected chi connectivity index (χ3v) is 5.59. The van der Waals surface area contributed by atoms with Crippen molar-refractivity contribution in [2.45, 2.75) is 51.1 Å². The Bertz CT molecular complexity index is 1030. The first-order chi connectivity index (χ1) is 13.8. The number of anilines is 1. The van der Waals surface area contributed by atoms with Crippen molar-refractivity contribution in [3.05, 3.63) is 52.7 Å². The van der Waals surface area contributed by atoms with Crippen molar-refractivity contribution < 1.29 is 0 Å². The zero-order valence-electron chi connectivity index (χ0n) is 15.6. The highest BCUT2D eigenvalue weighted by atomic mass is 16.1. The zero-order chi connectivity index (χ0) is 18.9. The monoisotopic (exact) mass is 378 g/mol. The van der Waals surface area contributed by atoms with Gasteiger partial charge in [-0.25, -0.2) is 19.3 Å². The Hall–Kier alpha value is -3.10. The van der Waals surface area contributed by atoms with Gasteiger partial charge in [-0.3, -0.25) is 9.78 Å². The molecule has 28 heavy (non-hydrogen) atoms. The van der Waals surface area contributed by atoms with Crippen LogP contribution in [0, 0.1) is 0 Å². The molecule has 0 amide bonds. The predicted octanol–water partition coefficient (Wildman–Crippen LogP) is 1.16. The number of hydrogen-bond donors (Lipinski definition) is 0. The van der Waals surface area contributed by atoms with Gasteiger partial charge in [0.05, 0.1) is 30.7 Å². The fourth-order valence-electron chi connectivity index (χ4n) is 4.18. The summed E-state index contributed by atoms with van der Waals surface area (Å²) in [5, 5.41) is 8.80. The molecule has 144 valence electrons. The second-order valence-electron chi connectivity index (χ2n) is 7.41. The Balaban J connectivity index is 1.41. The van der Waals surface area contributed by atoms with Crippen LogP contribution in [0.1, 0.15) is 36.9 Å². The van der Waals surface area contributed by atoms with Crippen molar-refractivity contribution in [1.82, 2.24) is 34.5 Å². The second-order valence-corrected chi connectivity index (χ2v) is 7.41. The topological polar surface area (TPSA) is 94.6 Å². The van der Waals surface area contributed by atoms with Crippen molar-refractivity contribution in [3.63, 3.8) is 0 Å². The van der Waals surface area contributed by atoms with Crippen LogP contribution < -0.4 is 10.5 Å². The lowest BCUT2D eigenvalue weighted by atomic mass is 9.97. The lowest BCUT2D eigenvalue weighted by Crippen LogP contribution is -2.38. The number of rotatable bonds is 4. The van der Waals surface area contributed by atoms with Gasteiger partial charge in [-0.15, -0.1) is 0 Å². The molecule has 1 saturated heterocycles. The highest BCUT2D eigenvalue weighted by Gasteiger charge is 2.27. The predicted molar refractivity (Wildman–Crippen MR) is 102 cm³/mol. The zero-order valence-corrected chi connectivity index (χ0v) is 15.6. The average Bonchev–Trinajstić information content (AvgIpc) is 3.41. The summed E-state index contributed by atoms with van der Waals surface area (Å²) in [6, 6.07) is 1.96. The van der Waals surface area contributed by atoms with Gasteiger partial charge >= 0.3 is 0 Å². The third-order valence-electron chi connectivity index (χ3n) is 5.59. The molecular weight excluding hydrogens is 356 g/mol. The highest BCUT2D eigenvalue weighted by molar-refractivity contribution is 5.41. The molecule has 1 aliphatic carbocycles. The molecule has 0 radical (unpaired) electrons. The third kappa shape index (κ3) is 3.17. The molecule has 3 aromatic rings. The summed E-state index contributed by atoms with van der Waals surface area (Å²) in [5.74, 6) is 1.42. The van der Waals surface area contributed by atoms with Crippen LogP contribution in [-0.2, 0) is 19.4 Å². The SMILES string of the molecule is O=c1cc2c(nn1CC1CCCN1c1cncc(-n3cncn3)n1)CCCC2. The number of aromatic nitrogens is 7. The largest absolute Gasteiger partial charge is 0.350 e. The van der Waals surface area contributed by atoms with E-state index in [0.717, 1.165) is 62.1 Å². The van der Waals surface area contributed by atoms with Gasteiger partial charge < -0.3 is 4.90 Å². The van der Waals surface area contributed by atoms with Crippen LogP contribution in [0.15, 0.2) is 35.9 Å². The number of nitrogens with zero attached hydrogens (tertiary/aromatic N) is 8. The van der Waals surface area contributed by atoms with E-state index in [9.17, 15) is 4.79 Å². The van der Waals surface area contributed by atoms with Crippen LogP contribution in [0.2, 0.25) is 0 Å². The summed E-state index contributed by atoms with van der Waals surface area (Å²) >= 11 is 0. The van der Waals surface area contributed by atoms with E-state index in [1.807, 2.05) is 0 Å². The van der Waals surface area contributed by atoms with Crippen LogP contribution in [0.4, 0.5) is 5.82 Å². The molecule has 0 bridgehead atoms. The molecule has 4 heterocycles. The first kappa shape index (κ1) is 17.0. The van der Waals surface area contributed by atoms with E-state index in [0.29, 0.717) is 12.4 Å². The van der Waals surface area contributed by atoms with E-state index in [4.69, 9.17) is 4.98 Å². The van der Waals surface area contributed by atoms with Gasteiger partial charge in [0.1, 0.15) is 18.5 Å². The number of aryl methyl sites for hydroxylation is 2. The molecule has 0 N–H and O–H groups in total. The van der Waals surface area contributed by atoms with Crippen molar-refractivity contribution in [2.75, 3.05) is 11.4 Å². The molecule has 2 aliphatic rings. The minimum absolute atomic E-state index is 0.00468. The van der Waals surface area contributed by atoms with Crippen molar-refractivity contribution in [2.24, 2.45) is 0 Å². The molecule has 1 aliphatic heterocycles. The van der Waals surface area contributed by atoms with Gasteiger partial charge in [0, 0.05) is 12.6 Å². The summed E-state index contributed by atoms with van der Waals surface area (Å²) in [7, 11) is 0. The summed E-state index contributed by atoms with van der Waals surface area (Å²) in [4.78, 5) is 27.8. The maximum absolute atomic E-state index is 12.6. The Labute approximate surface area is 162 Å². The van der Waals surface area contributed by atoms with Gasteiger partial charge in [-0.05, 0) is 44.1 Å². The van der Waals surface area contributed by atoms with E-state index >= 15 is 0 Å². The van der Waals surface area contributed by atoms with E-state index in [2.05, 4.69) is 25.1 Å². The summed E-state index contributed by atoms with van der Waals surface area (Å²) in [6.45, 7) is 1.46. The van der Waals surface area contributed by atoms with Gasteiger partial charge in [-0.2, -0.15) is 10.2 Å². The fourth-order valence-corrected chi connectivity index (χ4v) is 4.18. The molecule has 1 atom stereocenters. The second kappa shape index (κ2) is 7.14. The molecule has 0 spiro atoms. The molecule has 0 aromatic carbocycles. The lowest BCUT2D eigenvalue weighted by molar-refractivity contribution is 0.472. The fraction of sp³-hybridized carbons (Fsp3) is 0.474. The van der Waals surface area contributed by atoms with Gasteiger partial charge in [-0.1, -0.05) is 0 Å². The van der Waals surface area contributed by atoms with Gasteiger partial charge in [0.2, 0.25) is 0 Å².